The van der Waals surface area contributed by atoms with E-state index < -0.39 is 26.6 Å². The Labute approximate surface area is 104 Å². The zero-order chi connectivity index (χ0) is 13.5. The molecule has 4 nitrogen and oxygen atoms in total. The summed E-state index contributed by atoms with van der Waals surface area (Å²) in [6.45, 7) is 1.93. The number of hydrogen-bond acceptors (Lipinski definition) is 3. The van der Waals surface area contributed by atoms with E-state index in [0.29, 0.717) is 12.5 Å². The van der Waals surface area contributed by atoms with Crippen molar-refractivity contribution in [2.24, 2.45) is 5.73 Å². The maximum absolute atomic E-state index is 13.5. The van der Waals surface area contributed by atoms with Crippen LogP contribution in [0, 0.1) is 11.6 Å². The summed E-state index contributed by atoms with van der Waals surface area (Å²) in [7, 11) is -3.96. The molecular weight excluding hydrogens is 262 g/mol. The zero-order valence-corrected chi connectivity index (χ0v) is 10.6. The highest BCUT2D eigenvalue weighted by molar-refractivity contribution is 7.89. The smallest absolute Gasteiger partial charge is 0.246 e. The van der Waals surface area contributed by atoms with E-state index in [9.17, 15) is 17.2 Å². The minimum absolute atomic E-state index is 0.251. The molecule has 0 radical (unpaired) electrons. The van der Waals surface area contributed by atoms with Crippen LogP contribution in [0.1, 0.15) is 13.3 Å². The lowest BCUT2D eigenvalue weighted by molar-refractivity contribution is 0.390. The van der Waals surface area contributed by atoms with Crippen LogP contribution < -0.4 is 5.73 Å². The molecule has 100 valence electrons. The first kappa shape index (κ1) is 13.4. The topological polar surface area (TPSA) is 63.4 Å². The predicted octanol–water partition coefficient (Wildman–Crippen LogP) is 1.07. The van der Waals surface area contributed by atoms with Gasteiger partial charge >= 0.3 is 0 Å². The Balaban J connectivity index is 2.43. The van der Waals surface area contributed by atoms with Crippen molar-refractivity contribution in [3.05, 3.63) is 29.8 Å². The molecule has 1 heterocycles. The van der Waals surface area contributed by atoms with Gasteiger partial charge in [0.05, 0.1) is 0 Å². The van der Waals surface area contributed by atoms with Gasteiger partial charge in [0.2, 0.25) is 10.0 Å². The summed E-state index contributed by atoms with van der Waals surface area (Å²) < 4.78 is 52.0. The predicted molar refractivity (Wildman–Crippen MR) is 62.3 cm³/mol. The van der Waals surface area contributed by atoms with Gasteiger partial charge in [-0.2, -0.15) is 4.31 Å². The number of benzene rings is 1. The van der Waals surface area contributed by atoms with Crippen LogP contribution >= 0.6 is 0 Å². The lowest BCUT2D eigenvalue weighted by atomic mass is 10.2. The molecule has 2 rings (SSSR count). The van der Waals surface area contributed by atoms with E-state index in [-0.39, 0.29) is 18.6 Å². The van der Waals surface area contributed by atoms with Crippen LogP contribution in [0.5, 0.6) is 0 Å². The lowest BCUT2D eigenvalue weighted by Gasteiger charge is -2.22. The van der Waals surface area contributed by atoms with Crippen LogP contribution in [0.2, 0.25) is 0 Å². The second-order valence-electron chi connectivity index (χ2n) is 4.38. The second-order valence-corrected chi connectivity index (χ2v) is 6.24. The first-order chi connectivity index (χ1) is 8.34. The van der Waals surface area contributed by atoms with Crippen LogP contribution in [0.3, 0.4) is 0 Å². The maximum atomic E-state index is 13.5. The molecule has 18 heavy (non-hydrogen) atoms. The first-order valence-electron chi connectivity index (χ1n) is 5.56. The average Bonchev–Trinajstić information content (AvgIpc) is 2.59. The molecule has 0 saturated carbocycles. The number of nitrogens with zero attached hydrogens (tertiary/aromatic N) is 1. The lowest BCUT2D eigenvalue weighted by Crippen LogP contribution is -2.40. The third kappa shape index (κ3) is 2.13. The number of nitrogens with two attached hydrogens (primary N) is 1. The monoisotopic (exact) mass is 276 g/mol. The number of hydrogen-bond donors (Lipinski definition) is 1. The zero-order valence-electron chi connectivity index (χ0n) is 9.81. The fourth-order valence-corrected chi connectivity index (χ4v) is 3.82. The molecule has 0 aromatic heterocycles. The molecule has 1 saturated heterocycles. The van der Waals surface area contributed by atoms with E-state index in [0.717, 1.165) is 16.4 Å². The third-order valence-electron chi connectivity index (χ3n) is 3.24. The van der Waals surface area contributed by atoms with Gasteiger partial charge in [-0.3, -0.25) is 0 Å². The maximum Gasteiger partial charge on any atom is 0.246 e. The number of sulfonamides is 1. The van der Waals surface area contributed by atoms with Crippen molar-refractivity contribution in [3.8, 4) is 0 Å². The Bertz CT molecular complexity index is 562. The van der Waals surface area contributed by atoms with Crippen molar-refractivity contribution in [2.45, 2.75) is 30.3 Å². The van der Waals surface area contributed by atoms with Crippen molar-refractivity contribution in [1.29, 1.82) is 0 Å². The Kier molecular flexibility index (Phi) is 3.39. The molecule has 7 heteroatoms. The molecule has 0 bridgehead atoms. The van der Waals surface area contributed by atoms with Gasteiger partial charge in [-0.25, -0.2) is 17.2 Å². The van der Waals surface area contributed by atoms with Crippen molar-refractivity contribution in [2.75, 3.05) is 6.54 Å². The van der Waals surface area contributed by atoms with Gasteiger partial charge in [0.1, 0.15) is 16.5 Å². The number of rotatable bonds is 2. The van der Waals surface area contributed by atoms with Crippen molar-refractivity contribution in [1.82, 2.24) is 4.31 Å². The van der Waals surface area contributed by atoms with Gasteiger partial charge in [0.25, 0.3) is 0 Å². The highest BCUT2D eigenvalue weighted by Crippen LogP contribution is 2.27. The highest BCUT2D eigenvalue weighted by Gasteiger charge is 2.38. The minimum atomic E-state index is -3.96. The van der Waals surface area contributed by atoms with Gasteiger partial charge in [-0.05, 0) is 25.5 Å². The fourth-order valence-electron chi connectivity index (χ4n) is 2.08. The van der Waals surface area contributed by atoms with Crippen LogP contribution in [-0.2, 0) is 10.0 Å². The van der Waals surface area contributed by atoms with Crippen molar-refractivity contribution in [3.63, 3.8) is 0 Å². The second kappa shape index (κ2) is 4.56. The van der Waals surface area contributed by atoms with Gasteiger partial charge in [0.15, 0.2) is 0 Å². The summed E-state index contributed by atoms with van der Waals surface area (Å²) in [5.41, 5.74) is 5.75. The summed E-state index contributed by atoms with van der Waals surface area (Å²) in [6.07, 6.45) is 0.531. The Morgan fingerprint density at radius 3 is 2.56 bits per heavy atom. The van der Waals surface area contributed by atoms with Gasteiger partial charge < -0.3 is 5.73 Å². The quantitative estimate of drug-likeness (QED) is 0.879. The van der Waals surface area contributed by atoms with Crippen LogP contribution in [0.25, 0.3) is 0 Å². The van der Waals surface area contributed by atoms with E-state index in [4.69, 9.17) is 5.73 Å². The molecular formula is C11H14F2N2O2S. The van der Waals surface area contributed by atoms with Gasteiger partial charge in [-0.1, -0.05) is 0 Å². The van der Waals surface area contributed by atoms with Crippen LogP contribution in [-0.4, -0.2) is 31.4 Å². The SMILES string of the molecule is CC1C(N)CCN1S(=O)(=O)c1ccc(F)cc1F. The Morgan fingerprint density at radius 2 is 2.06 bits per heavy atom. The molecule has 0 spiro atoms. The molecule has 2 N–H and O–H groups in total. The normalized spacial score (nSPS) is 25.6. The molecule has 1 aliphatic heterocycles. The summed E-state index contributed by atoms with van der Waals surface area (Å²) in [4.78, 5) is -0.509. The van der Waals surface area contributed by atoms with Crippen molar-refractivity contribution >= 4 is 10.0 Å². The van der Waals surface area contributed by atoms with Crippen LogP contribution in [0.15, 0.2) is 23.1 Å². The van der Waals surface area contributed by atoms with E-state index in [1.54, 1.807) is 6.92 Å². The molecule has 2 unspecified atom stereocenters. The van der Waals surface area contributed by atoms with E-state index in [2.05, 4.69) is 0 Å². The molecule has 2 atom stereocenters. The Morgan fingerprint density at radius 1 is 1.39 bits per heavy atom. The largest absolute Gasteiger partial charge is 0.326 e. The summed E-state index contributed by atoms with van der Waals surface area (Å²) in [5, 5.41) is 0. The van der Waals surface area contributed by atoms with E-state index in [1.165, 1.54) is 0 Å². The van der Waals surface area contributed by atoms with E-state index >= 15 is 0 Å². The average molecular weight is 276 g/mol. The molecule has 1 aromatic carbocycles. The fraction of sp³-hybridized carbons (Fsp3) is 0.455. The van der Waals surface area contributed by atoms with Gasteiger partial charge in [-0.15, -0.1) is 0 Å². The van der Waals surface area contributed by atoms with E-state index in [1.807, 2.05) is 0 Å². The standard InChI is InChI=1S/C11H14F2N2O2S/c1-7-10(14)4-5-15(7)18(16,17)11-3-2-8(12)6-9(11)13/h2-3,6-7,10H,4-5,14H2,1H3. The first-order valence-corrected chi connectivity index (χ1v) is 7.00. The summed E-state index contributed by atoms with van der Waals surface area (Å²) in [5.74, 6) is -1.89. The molecule has 1 aliphatic rings. The molecule has 0 aliphatic carbocycles. The number of halogens is 2. The Hall–Kier alpha value is -1.05. The van der Waals surface area contributed by atoms with Crippen LogP contribution in [0.4, 0.5) is 8.78 Å². The molecule has 0 amide bonds. The summed E-state index contributed by atoms with van der Waals surface area (Å²) in [6, 6.07) is 1.78. The van der Waals surface area contributed by atoms with Crippen molar-refractivity contribution < 1.29 is 17.2 Å². The minimum Gasteiger partial charge on any atom is -0.326 e. The van der Waals surface area contributed by atoms with Gasteiger partial charge in [0, 0.05) is 24.7 Å². The summed E-state index contributed by atoms with van der Waals surface area (Å²) >= 11 is 0. The third-order valence-corrected chi connectivity index (χ3v) is 5.26. The molecule has 1 aromatic rings. The highest BCUT2D eigenvalue weighted by atomic mass is 32.2. The molecule has 1 fully saturated rings.